The average Bonchev–Trinajstić information content (AvgIpc) is 2.82. The van der Waals surface area contributed by atoms with Gasteiger partial charge in [0.15, 0.2) is 5.82 Å². The first-order chi connectivity index (χ1) is 16.5. The van der Waals surface area contributed by atoms with E-state index >= 15 is 0 Å². The summed E-state index contributed by atoms with van der Waals surface area (Å²) in [6.07, 6.45) is -2.79. The average molecular weight is 522 g/mol. The van der Waals surface area contributed by atoms with Gasteiger partial charge in [-0.25, -0.2) is 22.5 Å². The maximum Gasteiger partial charge on any atom is 0.417 e. The van der Waals surface area contributed by atoms with E-state index in [2.05, 4.69) is 9.97 Å². The van der Waals surface area contributed by atoms with Crippen LogP contribution in [0.1, 0.15) is 21.5 Å². The number of carbonyl (C=O) groups is 1. The Morgan fingerprint density at radius 1 is 1.00 bits per heavy atom. The Morgan fingerprint density at radius 3 is 2.31 bits per heavy atom. The van der Waals surface area contributed by atoms with E-state index in [0.29, 0.717) is 23.3 Å². The fraction of sp³-hybridized carbons (Fsp3) is 0.0870. The van der Waals surface area contributed by atoms with Gasteiger partial charge in [0.2, 0.25) is 0 Å². The van der Waals surface area contributed by atoms with Crippen molar-refractivity contribution in [2.24, 2.45) is 0 Å². The minimum atomic E-state index is -4.73. The molecule has 0 fully saturated rings. The van der Waals surface area contributed by atoms with Crippen molar-refractivity contribution in [2.45, 2.75) is 17.6 Å². The zero-order chi connectivity index (χ0) is 25.4. The number of carboxylic acids is 1. The summed E-state index contributed by atoms with van der Waals surface area (Å²) in [5.74, 6) is -1.67. The van der Waals surface area contributed by atoms with Crippen LogP contribution in [0.3, 0.4) is 0 Å². The fourth-order valence-electron chi connectivity index (χ4n) is 3.31. The molecule has 0 aliphatic rings. The van der Waals surface area contributed by atoms with Crippen LogP contribution in [0.25, 0.3) is 10.9 Å². The van der Waals surface area contributed by atoms with E-state index in [4.69, 9.17) is 16.7 Å². The van der Waals surface area contributed by atoms with Crippen LogP contribution in [-0.2, 0) is 22.7 Å². The van der Waals surface area contributed by atoms with Gasteiger partial charge in [-0.05, 0) is 48.0 Å². The number of hydrogen-bond donors (Lipinski definition) is 1. The molecule has 7 nitrogen and oxygen atoms in total. The van der Waals surface area contributed by atoms with Gasteiger partial charge in [0.05, 0.1) is 33.1 Å². The summed E-state index contributed by atoms with van der Waals surface area (Å²) < 4.78 is 67.2. The summed E-state index contributed by atoms with van der Waals surface area (Å²) in [6.45, 7) is -0.348. The van der Waals surface area contributed by atoms with Crippen LogP contribution in [-0.4, -0.2) is 29.5 Å². The van der Waals surface area contributed by atoms with E-state index in [-0.39, 0.29) is 17.0 Å². The predicted molar refractivity (Wildman–Crippen MR) is 123 cm³/mol. The summed E-state index contributed by atoms with van der Waals surface area (Å²) in [7, 11) is -4.43. The summed E-state index contributed by atoms with van der Waals surface area (Å²) in [4.78, 5) is 18.9. The van der Waals surface area contributed by atoms with Crippen LogP contribution in [0.15, 0.2) is 78.0 Å². The monoisotopic (exact) mass is 521 g/mol. The van der Waals surface area contributed by atoms with Crippen molar-refractivity contribution in [2.75, 3.05) is 4.31 Å². The zero-order valence-corrected chi connectivity index (χ0v) is 19.1. The molecule has 0 atom stereocenters. The molecule has 0 aliphatic carbocycles. The largest absolute Gasteiger partial charge is 0.478 e. The molecule has 2 aromatic heterocycles. The van der Waals surface area contributed by atoms with Gasteiger partial charge in [-0.3, -0.25) is 4.98 Å². The number of halogens is 4. The number of aromatic nitrogens is 2. The molecule has 0 amide bonds. The molecular weight excluding hydrogens is 507 g/mol. The Balaban J connectivity index is 1.83. The number of sulfonamides is 1. The predicted octanol–water partition coefficient (Wildman–Crippen LogP) is 5.40. The molecule has 4 aromatic rings. The molecule has 35 heavy (non-hydrogen) atoms. The number of alkyl halides is 3. The summed E-state index contributed by atoms with van der Waals surface area (Å²) >= 11 is 6.09. The molecular formula is C23H15ClF3N3O4S. The molecule has 2 aromatic carbocycles. The molecule has 12 heteroatoms. The second-order valence-corrected chi connectivity index (χ2v) is 9.67. The van der Waals surface area contributed by atoms with Gasteiger partial charge < -0.3 is 5.11 Å². The number of pyridine rings is 2. The van der Waals surface area contributed by atoms with E-state index < -0.39 is 38.6 Å². The third-order valence-electron chi connectivity index (χ3n) is 5.05. The molecule has 0 aliphatic heterocycles. The standard InChI is InChI=1S/C23H15ClF3N3O4S/c24-19-10-17(23(25,26)27)12-29-21(19)30(13-14-9-16-3-1-2-4-20(16)28-11-14)35(33,34)18-7-5-15(6-8-18)22(31)32/h1-12H,13H2,(H,31,32). The highest BCUT2D eigenvalue weighted by atomic mass is 35.5. The molecule has 0 radical (unpaired) electrons. The number of nitrogens with zero attached hydrogens (tertiary/aromatic N) is 3. The van der Waals surface area contributed by atoms with Gasteiger partial charge >= 0.3 is 12.1 Å². The lowest BCUT2D eigenvalue weighted by atomic mass is 10.1. The van der Waals surface area contributed by atoms with Gasteiger partial charge in [-0.1, -0.05) is 29.8 Å². The van der Waals surface area contributed by atoms with Gasteiger partial charge in [0.1, 0.15) is 0 Å². The van der Waals surface area contributed by atoms with Crippen LogP contribution in [0.5, 0.6) is 0 Å². The van der Waals surface area contributed by atoms with Crippen molar-refractivity contribution in [1.82, 2.24) is 9.97 Å². The second kappa shape index (κ2) is 9.16. The van der Waals surface area contributed by atoms with Crippen molar-refractivity contribution in [3.63, 3.8) is 0 Å². The highest BCUT2D eigenvalue weighted by Crippen LogP contribution is 2.36. The van der Waals surface area contributed by atoms with Crippen molar-refractivity contribution in [3.8, 4) is 0 Å². The zero-order valence-electron chi connectivity index (χ0n) is 17.6. The van der Waals surface area contributed by atoms with E-state index in [1.165, 1.54) is 6.20 Å². The van der Waals surface area contributed by atoms with Crippen molar-refractivity contribution in [3.05, 3.63) is 94.8 Å². The number of hydrogen-bond acceptors (Lipinski definition) is 5. The fourth-order valence-corrected chi connectivity index (χ4v) is 5.05. The van der Waals surface area contributed by atoms with E-state index in [1.54, 1.807) is 30.3 Å². The quantitative estimate of drug-likeness (QED) is 0.365. The lowest BCUT2D eigenvalue weighted by Gasteiger charge is -2.25. The molecule has 180 valence electrons. The topological polar surface area (TPSA) is 100 Å². The van der Waals surface area contributed by atoms with Gasteiger partial charge in [0, 0.05) is 17.8 Å². The third-order valence-corrected chi connectivity index (χ3v) is 7.08. The number of benzene rings is 2. The first kappa shape index (κ1) is 24.4. The van der Waals surface area contributed by atoms with Gasteiger partial charge in [-0.2, -0.15) is 13.2 Å². The first-order valence-corrected chi connectivity index (χ1v) is 11.7. The molecule has 0 saturated carbocycles. The van der Waals surface area contributed by atoms with Crippen molar-refractivity contribution < 1.29 is 31.5 Å². The minimum absolute atomic E-state index is 0.139. The van der Waals surface area contributed by atoms with Crippen LogP contribution in [0, 0.1) is 0 Å². The summed E-state index contributed by atoms with van der Waals surface area (Å²) in [6, 6.07) is 13.8. The highest BCUT2D eigenvalue weighted by Gasteiger charge is 2.34. The van der Waals surface area contributed by atoms with E-state index in [1.807, 2.05) is 0 Å². The number of carboxylic acid groups (broad SMARTS) is 1. The van der Waals surface area contributed by atoms with Gasteiger partial charge in [0.25, 0.3) is 10.0 Å². The van der Waals surface area contributed by atoms with Gasteiger partial charge in [-0.15, -0.1) is 0 Å². The second-order valence-electron chi connectivity index (χ2n) is 7.40. The Kier molecular flexibility index (Phi) is 6.39. The van der Waals surface area contributed by atoms with Crippen LogP contribution >= 0.6 is 11.6 Å². The van der Waals surface area contributed by atoms with E-state index in [0.717, 1.165) is 34.0 Å². The lowest BCUT2D eigenvalue weighted by molar-refractivity contribution is -0.137. The summed E-state index contributed by atoms with van der Waals surface area (Å²) in [5, 5.41) is 9.28. The van der Waals surface area contributed by atoms with Crippen LogP contribution in [0.2, 0.25) is 5.02 Å². The molecule has 1 N–H and O–H groups in total. The molecule has 0 saturated heterocycles. The number of anilines is 1. The summed E-state index contributed by atoms with van der Waals surface area (Å²) in [5.41, 5.74) is -0.186. The Bertz CT molecular complexity index is 1530. The normalized spacial score (nSPS) is 12.0. The third kappa shape index (κ3) is 5.05. The number of aromatic carboxylic acids is 1. The smallest absolute Gasteiger partial charge is 0.417 e. The molecule has 0 unspecified atom stereocenters. The Morgan fingerprint density at radius 2 is 1.69 bits per heavy atom. The first-order valence-electron chi connectivity index (χ1n) is 9.89. The highest BCUT2D eigenvalue weighted by molar-refractivity contribution is 7.92. The maximum absolute atomic E-state index is 13.6. The minimum Gasteiger partial charge on any atom is -0.478 e. The molecule has 0 bridgehead atoms. The Labute approximate surface area is 202 Å². The molecule has 4 rings (SSSR count). The van der Waals surface area contributed by atoms with E-state index in [9.17, 15) is 26.4 Å². The molecule has 0 spiro atoms. The Hall–Kier alpha value is -3.70. The number of fused-ring (bicyclic) bond motifs is 1. The van der Waals surface area contributed by atoms with Crippen LogP contribution < -0.4 is 4.31 Å². The van der Waals surface area contributed by atoms with Crippen molar-refractivity contribution >= 4 is 44.3 Å². The molecule has 2 heterocycles. The number of para-hydroxylation sites is 1. The van der Waals surface area contributed by atoms with Crippen molar-refractivity contribution in [1.29, 1.82) is 0 Å². The SMILES string of the molecule is O=C(O)c1ccc(S(=O)(=O)N(Cc2cnc3ccccc3c2)c2ncc(C(F)(F)F)cc2Cl)cc1. The lowest BCUT2D eigenvalue weighted by Crippen LogP contribution is -2.32. The number of rotatable bonds is 6. The van der Waals surface area contributed by atoms with Crippen LogP contribution in [0.4, 0.5) is 19.0 Å². The maximum atomic E-state index is 13.6.